The summed E-state index contributed by atoms with van der Waals surface area (Å²) < 4.78 is 5.29. The van der Waals surface area contributed by atoms with Gasteiger partial charge in [-0.2, -0.15) is 0 Å². The molecule has 7 nitrogen and oxygen atoms in total. The van der Waals surface area contributed by atoms with Crippen molar-refractivity contribution >= 4 is 40.4 Å². The number of ether oxygens (including phenoxy) is 1. The topological polar surface area (TPSA) is 87.7 Å². The number of nitrogens with zero attached hydrogens (tertiary/aromatic N) is 1. The van der Waals surface area contributed by atoms with Gasteiger partial charge in [0.25, 0.3) is 11.8 Å². The van der Waals surface area contributed by atoms with Gasteiger partial charge in [-0.05, 0) is 60.9 Å². The van der Waals surface area contributed by atoms with E-state index in [-0.39, 0.29) is 17.2 Å². The number of nitrogens with one attached hydrogen (secondary N) is 2. The molecule has 1 aliphatic rings. The third-order valence-electron chi connectivity index (χ3n) is 5.52. The molecule has 0 radical (unpaired) electrons. The van der Waals surface area contributed by atoms with Gasteiger partial charge in [-0.15, -0.1) is 0 Å². The Morgan fingerprint density at radius 1 is 0.882 bits per heavy atom. The normalized spacial score (nSPS) is 13.4. The van der Waals surface area contributed by atoms with Gasteiger partial charge >= 0.3 is 0 Å². The molecule has 0 saturated heterocycles. The molecule has 0 unspecified atom stereocenters. The maximum absolute atomic E-state index is 13.7. The molecule has 4 rings (SSSR count). The largest absolute Gasteiger partial charge is 0.497 e. The Hall–Kier alpha value is -4.39. The molecule has 0 aromatic heterocycles. The number of amides is 3. The lowest BCUT2D eigenvalue weighted by atomic mass is 10.0. The molecule has 0 saturated carbocycles. The summed E-state index contributed by atoms with van der Waals surface area (Å²) in [5, 5.41) is 5.85. The van der Waals surface area contributed by atoms with Crippen molar-refractivity contribution in [3.05, 3.63) is 89.1 Å². The van der Waals surface area contributed by atoms with E-state index in [1.807, 2.05) is 32.0 Å². The van der Waals surface area contributed by atoms with Gasteiger partial charge in [0, 0.05) is 24.4 Å². The van der Waals surface area contributed by atoms with E-state index in [9.17, 15) is 14.4 Å². The van der Waals surface area contributed by atoms with Crippen molar-refractivity contribution in [1.82, 2.24) is 0 Å². The molecule has 0 atom stereocenters. The number of rotatable bonds is 6. The summed E-state index contributed by atoms with van der Waals surface area (Å²) in [6.45, 7) is 5.21. The van der Waals surface area contributed by atoms with Crippen molar-refractivity contribution in [3.63, 3.8) is 0 Å². The van der Waals surface area contributed by atoms with Gasteiger partial charge < -0.3 is 15.4 Å². The van der Waals surface area contributed by atoms with E-state index >= 15 is 0 Å². The van der Waals surface area contributed by atoms with Crippen LogP contribution in [0, 0.1) is 13.8 Å². The molecule has 3 amide bonds. The predicted octanol–water partition coefficient (Wildman–Crippen LogP) is 4.67. The Kier molecular flexibility index (Phi) is 6.19. The molecule has 34 heavy (non-hydrogen) atoms. The number of hydrogen-bond donors (Lipinski definition) is 2. The molecule has 3 aromatic rings. The average Bonchev–Trinajstić information content (AvgIpc) is 3.05. The van der Waals surface area contributed by atoms with Crippen molar-refractivity contribution in [2.24, 2.45) is 0 Å². The minimum atomic E-state index is -0.442. The Balaban J connectivity index is 1.81. The number of aryl methyl sites for hydroxylation is 2. The molecular weight excluding hydrogens is 430 g/mol. The van der Waals surface area contributed by atoms with Crippen molar-refractivity contribution in [3.8, 4) is 5.75 Å². The SMILES string of the molecule is COc1cccc(NC2=C(c3ccc(NC(C)=O)cc3)C(=O)N(c3cc(C)ccc3C)C2=O)c1. The van der Waals surface area contributed by atoms with Gasteiger partial charge in [0.2, 0.25) is 5.91 Å². The third kappa shape index (κ3) is 4.41. The van der Waals surface area contributed by atoms with Crippen LogP contribution in [0.1, 0.15) is 23.6 Å². The van der Waals surface area contributed by atoms with Crippen LogP contribution in [-0.4, -0.2) is 24.8 Å². The Morgan fingerprint density at radius 2 is 1.62 bits per heavy atom. The van der Waals surface area contributed by atoms with Crippen LogP contribution in [0.25, 0.3) is 5.57 Å². The predicted molar refractivity (Wildman–Crippen MR) is 133 cm³/mol. The fourth-order valence-electron chi connectivity index (χ4n) is 3.86. The second-order valence-corrected chi connectivity index (χ2v) is 8.10. The number of imide groups is 1. The molecule has 1 aliphatic heterocycles. The monoisotopic (exact) mass is 455 g/mol. The molecule has 2 N–H and O–H groups in total. The highest BCUT2D eigenvalue weighted by atomic mass is 16.5. The first-order chi connectivity index (χ1) is 16.3. The van der Waals surface area contributed by atoms with Crippen LogP contribution in [0.4, 0.5) is 17.1 Å². The zero-order valence-electron chi connectivity index (χ0n) is 19.4. The Bertz CT molecular complexity index is 1330. The summed E-state index contributed by atoms with van der Waals surface area (Å²) in [6, 6.07) is 19.6. The van der Waals surface area contributed by atoms with Gasteiger partial charge in [-0.1, -0.05) is 30.3 Å². The van der Waals surface area contributed by atoms with Gasteiger partial charge in [-0.25, -0.2) is 4.90 Å². The minimum Gasteiger partial charge on any atom is -0.497 e. The molecular formula is C27H25N3O4. The number of anilines is 3. The molecule has 0 spiro atoms. The van der Waals surface area contributed by atoms with Crippen molar-refractivity contribution in [2.75, 3.05) is 22.6 Å². The molecule has 0 bridgehead atoms. The molecule has 3 aromatic carbocycles. The maximum Gasteiger partial charge on any atom is 0.282 e. The third-order valence-corrected chi connectivity index (χ3v) is 5.52. The van der Waals surface area contributed by atoms with Crippen molar-refractivity contribution in [1.29, 1.82) is 0 Å². The number of benzene rings is 3. The van der Waals surface area contributed by atoms with E-state index in [1.54, 1.807) is 55.6 Å². The van der Waals surface area contributed by atoms with E-state index < -0.39 is 11.8 Å². The fraction of sp³-hybridized carbons (Fsp3) is 0.148. The lowest BCUT2D eigenvalue weighted by molar-refractivity contribution is -0.120. The standard InChI is InChI=1S/C27H25N3O4/c1-16-8-9-17(2)23(14-16)30-26(32)24(19-10-12-20(13-11-19)28-18(3)31)25(27(30)33)29-21-6-5-7-22(15-21)34-4/h5-15,29H,1-4H3,(H,28,31). The minimum absolute atomic E-state index is 0.173. The Labute approximate surface area is 198 Å². The highest BCUT2D eigenvalue weighted by Gasteiger charge is 2.40. The van der Waals surface area contributed by atoms with Gasteiger partial charge in [0.15, 0.2) is 0 Å². The van der Waals surface area contributed by atoms with Crippen LogP contribution < -0.4 is 20.3 Å². The molecule has 1 heterocycles. The summed E-state index contributed by atoms with van der Waals surface area (Å²) in [4.78, 5) is 39.9. The van der Waals surface area contributed by atoms with E-state index in [0.717, 1.165) is 11.1 Å². The number of hydrogen-bond acceptors (Lipinski definition) is 5. The molecule has 172 valence electrons. The van der Waals surface area contributed by atoms with Gasteiger partial charge in [0.05, 0.1) is 18.4 Å². The summed E-state index contributed by atoms with van der Waals surface area (Å²) in [5.41, 5.74) is 4.50. The van der Waals surface area contributed by atoms with Crippen LogP contribution >= 0.6 is 0 Å². The van der Waals surface area contributed by atoms with Crippen LogP contribution in [0.5, 0.6) is 5.75 Å². The van der Waals surface area contributed by atoms with E-state index in [4.69, 9.17) is 4.74 Å². The maximum atomic E-state index is 13.7. The highest BCUT2D eigenvalue weighted by Crippen LogP contribution is 2.36. The first-order valence-corrected chi connectivity index (χ1v) is 10.8. The summed E-state index contributed by atoms with van der Waals surface area (Å²) in [6.07, 6.45) is 0. The number of carbonyl (C=O) groups excluding carboxylic acids is 3. The zero-order valence-corrected chi connectivity index (χ0v) is 19.4. The number of carbonyl (C=O) groups is 3. The van der Waals surface area contributed by atoms with Gasteiger partial charge in [-0.3, -0.25) is 14.4 Å². The smallest absolute Gasteiger partial charge is 0.282 e. The first kappa shape index (κ1) is 22.8. The molecule has 7 heteroatoms. The Morgan fingerprint density at radius 3 is 2.29 bits per heavy atom. The van der Waals surface area contributed by atoms with Crippen molar-refractivity contribution in [2.45, 2.75) is 20.8 Å². The van der Waals surface area contributed by atoms with Gasteiger partial charge in [0.1, 0.15) is 11.4 Å². The quantitative estimate of drug-likeness (QED) is 0.528. The summed E-state index contributed by atoms with van der Waals surface area (Å²) >= 11 is 0. The van der Waals surface area contributed by atoms with Crippen LogP contribution in [-0.2, 0) is 14.4 Å². The van der Waals surface area contributed by atoms with E-state index in [1.165, 1.54) is 11.8 Å². The zero-order chi connectivity index (χ0) is 24.4. The van der Waals surface area contributed by atoms with Crippen molar-refractivity contribution < 1.29 is 19.1 Å². The fourth-order valence-corrected chi connectivity index (χ4v) is 3.86. The lowest BCUT2D eigenvalue weighted by Crippen LogP contribution is -2.33. The number of methoxy groups -OCH3 is 1. The second kappa shape index (κ2) is 9.23. The van der Waals surface area contributed by atoms with Crippen LogP contribution in [0.3, 0.4) is 0 Å². The first-order valence-electron chi connectivity index (χ1n) is 10.8. The van der Waals surface area contributed by atoms with E-state index in [0.29, 0.717) is 28.4 Å². The van der Waals surface area contributed by atoms with Crippen LogP contribution in [0.2, 0.25) is 0 Å². The van der Waals surface area contributed by atoms with Crippen LogP contribution in [0.15, 0.2) is 72.4 Å². The molecule has 0 fully saturated rings. The summed E-state index contributed by atoms with van der Waals surface area (Å²) in [5.74, 6) is -0.436. The highest BCUT2D eigenvalue weighted by molar-refractivity contribution is 6.46. The lowest BCUT2D eigenvalue weighted by Gasteiger charge is -2.18. The van der Waals surface area contributed by atoms with E-state index in [2.05, 4.69) is 10.6 Å². The average molecular weight is 456 g/mol. The molecule has 0 aliphatic carbocycles. The summed E-state index contributed by atoms with van der Waals surface area (Å²) in [7, 11) is 1.56. The second-order valence-electron chi connectivity index (χ2n) is 8.10.